The molecule has 1 rings (SSSR count). The van der Waals surface area contributed by atoms with Gasteiger partial charge in [-0.2, -0.15) is 0 Å². The van der Waals surface area contributed by atoms with Gasteiger partial charge in [0.25, 0.3) is 0 Å². The quantitative estimate of drug-likeness (QED) is 0.616. The van der Waals surface area contributed by atoms with E-state index in [9.17, 15) is 4.79 Å². The van der Waals surface area contributed by atoms with Gasteiger partial charge in [0, 0.05) is 0 Å². The smallest absolute Gasteiger partial charge is 0.194 e. The first-order chi connectivity index (χ1) is 7.24. The Morgan fingerprint density at radius 3 is 2.67 bits per heavy atom. The first kappa shape index (κ1) is 12.4. The minimum Gasteiger partial charge on any atom is -0.369 e. The molecule has 0 saturated heterocycles. The van der Waals surface area contributed by atoms with Crippen LogP contribution in [0.15, 0.2) is 40.0 Å². The highest BCUT2D eigenvalue weighted by atomic mass is 127. The first-order valence-electron chi connectivity index (χ1n) is 4.70. The molecule has 1 aromatic rings. The summed E-state index contributed by atoms with van der Waals surface area (Å²) >= 11 is 2.02. The minimum atomic E-state index is 0.0361. The predicted molar refractivity (Wildman–Crippen MR) is 68.9 cm³/mol. The normalized spacial score (nSPS) is 11.5. The summed E-state index contributed by atoms with van der Waals surface area (Å²) < 4.78 is 6.03. The summed E-state index contributed by atoms with van der Waals surface area (Å²) in [6.07, 6.45) is 1.79. The molecule has 0 aliphatic heterocycles. The van der Waals surface area contributed by atoms with Crippen LogP contribution < -0.4 is 0 Å². The molecule has 15 heavy (non-hydrogen) atoms. The Hall–Kier alpha value is -0.680. The van der Waals surface area contributed by atoms with E-state index >= 15 is 0 Å². The number of halogens is 1. The second-order valence-corrected chi connectivity index (χ2v) is 4.20. The highest BCUT2D eigenvalue weighted by Crippen LogP contribution is 2.07. The van der Waals surface area contributed by atoms with E-state index in [0.717, 1.165) is 9.14 Å². The van der Waals surface area contributed by atoms with Crippen LogP contribution in [0.1, 0.15) is 12.5 Å². The maximum Gasteiger partial charge on any atom is 0.194 e. The van der Waals surface area contributed by atoms with Crippen LogP contribution in [0, 0.1) is 0 Å². The largest absolute Gasteiger partial charge is 0.369 e. The van der Waals surface area contributed by atoms with Gasteiger partial charge < -0.3 is 4.74 Å². The molecule has 0 bridgehead atoms. The van der Waals surface area contributed by atoms with Crippen molar-refractivity contribution in [2.75, 3.05) is 6.61 Å². The maximum absolute atomic E-state index is 11.4. The second kappa shape index (κ2) is 6.74. The average Bonchev–Trinajstić information content (AvgIpc) is 2.29. The van der Waals surface area contributed by atoms with Gasteiger partial charge in [-0.05, 0) is 35.1 Å². The molecule has 0 atom stereocenters. The van der Waals surface area contributed by atoms with E-state index in [2.05, 4.69) is 0 Å². The van der Waals surface area contributed by atoms with Gasteiger partial charge in [0.1, 0.15) is 6.61 Å². The van der Waals surface area contributed by atoms with Crippen molar-refractivity contribution in [1.82, 2.24) is 0 Å². The molecule has 0 fully saturated rings. The Morgan fingerprint density at radius 1 is 1.40 bits per heavy atom. The zero-order valence-corrected chi connectivity index (χ0v) is 10.7. The highest BCUT2D eigenvalue weighted by Gasteiger charge is 2.04. The van der Waals surface area contributed by atoms with Gasteiger partial charge in [-0.1, -0.05) is 36.4 Å². The summed E-state index contributed by atoms with van der Waals surface area (Å²) in [6, 6.07) is 9.82. The SMILES string of the molecule is C/C=C(\I)C(=O)COCc1ccccc1. The lowest BCUT2D eigenvalue weighted by Gasteiger charge is -2.02. The van der Waals surface area contributed by atoms with Crippen molar-refractivity contribution in [3.63, 3.8) is 0 Å². The van der Waals surface area contributed by atoms with E-state index in [4.69, 9.17) is 4.74 Å². The summed E-state index contributed by atoms with van der Waals surface area (Å²) in [5, 5.41) is 0. The molecule has 0 saturated carbocycles. The summed E-state index contributed by atoms with van der Waals surface area (Å²) in [5.74, 6) is 0.0361. The topological polar surface area (TPSA) is 26.3 Å². The average molecular weight is 316 g/mol. The molecule has 0 amide bonds. The number of allylic oxidation sites excluding steroid dienone is 1. The third-order valence-electron chi connectivity index (χ3n) is 1.86. The lowest BCUT2D eigenvalue weighted by Crippen LogP contribution is -2.08. The van der Waals surface area contributed by atoms with Crippen LogP contribution in [-0.2, 0) is 16.1 Å². The fraction of sp³-hybridized carbons (Fsp3) is 0.250. The molecule has 0 heterocycles. The number of ketones is 1. The van der Waals surface area contributed by atoms with Gasteiger partial charge in [0.05, 0.1) is 10.2 Å². The van der Waals surface area contributed by atoms with Crippen molar-refractivity contribution in [3.05, 3.63) is 45.6 Å². The Kier molecular flexibility index (Phi) is 5.57. The van der Waals surface area contributed by atoms with Gasteiger partial charge >= 0.3 is 0 Å². The Balaban J connectivity index is 2.31. The number of rotatable bonds is 5. The number of ether oxygens (including phenoxy) is 1. The van der Waals surface area contributed by atoms with Crippen LogP contribution in [0.25, 0.3) is 0 Å². The summed E-state index contributed by atoms with van der Waals surface area (Å²) in [5.41, 5.74) is 1.08. The molecule has 1 aromatic carbocycles. The minimum absolute atomic E-state index is 0.0361. The lowest BCUT2D eigenvalue weighted by atomic mass is 10.2. The first-order valence-corrected chi connectivity index (χ1v) is 5.78. The van der Waals surface area contributed by atoms with Crippen LogP contribution in [0.2, 0.25) is 0 Å². The fourth-order valence-electron chi connectivity index (χ4n) is 1.07. The molecule has 0 N–H and O–H groups in total. The molecular weight excluding hydrogens is 303 g/mol. The standard InChI is InChI=1S/C12H13IO2/c1-2-11(13)12(14)9-15-8-10-6-4-3-5-7-10/h2-7H,8-9H2,1H3/b11-2-. The second-order valence-electron chi connectivity index (χ2n) is 3.04. The van der Waals surface area contributed by atoms with E-state index in [1.165, 1.54) is 0 Å². The van der Waals surface area contributed by atoms with Gasteiger partial charge in [0.15, 0.2) is 5.78 Å². The van der Waals surface area contributed by atoms with Gasteiger partial charge in [-0.15, -0.1) is 0 Å². The maximum atomic E-state index is 11.4. The lowest BCUT2D eigenvalue weighted by molar-refractivity contribution is -0.119. The van der Waals surface area contributed by atoms with Crippen LogP contribution in [0.3, 0.4) is 0 Å². The number of carbonyl (C=O) groups excluding carboxylic acids is 1. The van der Waals surface area contributed by atoms with E-state index in [0.29, 0.717) is 6.61 Å². The molecule has 0 spiro atoms. The number of Topliss-reactive ketones (excluding diaryl/α,β-unsaturated/α-hetero) is 1. The van der Waals surface area contributed by atoms with Gasteiger partial charge in [-0.3, -0.25) is 4.79 Å². The summed E-state index contributed by atoms with van der Waals surface area (Å²) in [4.78, 5) is 11.4. The van der Waals surface area contributed by atoms with Crippen molar-refractivity contribution in [1.29, 1.82) is 0 Å². The van der Waals surface area contributed by atoms with Crippen molar-refractivity contribution in [2.24, 2.45) is 0 Å². The fourth-order valence-corrected chi connectivity index (χ4v) is 1.22. The van der Waals surface area contributed by atoms with Crippen LogP contribution in [0.4, 0.5) is 0 Å². The third kappa shape index (κ3) is 4.57. The molecular formula is C12H13IO2. The van der Waals surface area contributed by atoms with Crippen LogP contribution in [0.5, 0.6) is 0 Å². The Morgan fingerprint density at radius 2 is 2.07 bits per heavy atom. The molecule has 0 aliphatic carbocycles. The number of benzene rings is 1. The van der Waals surface area contributed by atoms with E-state index in [1.54, 1.807) is 6.08 Å². The van der Waals surface area contributed by atoms with Crippen molar-refractivity contribution >= 4 is 28.4 Å². The van der Waals surface area contributed by atoms with Crippen molar-refractivity contribution in [3.8, 4) is 0 Å². The van der Waals surface area contributed by atoms with Crippen LogP contribution >= 0.6 is 22.6 Å². The Labute approximate surface area is 103 Å². The predicted octanol–water partition coefficient (Wildman–Crippen LogP) is 3.11. The van der Waals surface area contributed by atoms with Crippen molar-refractivity contribution in [2.45, 2.75) is 13.5 Å². The zero-order chi connectivity index (χ0) is 11.1. The Bertz CT molecular complexity index is 344. The van der Waals surface area contributed by atoms with Gasteiger partial charge in [-0.25, -0.2) is 0 Å². The molecule has 0 unspecified atom stereocenters. The van der Waals surface area contributed by atoms with E-state index in [-0.39, 0.29) is 12.4 Å². The zero-order valence-electron chi connectivity index (χ0n) is 8.57. The third-order valence-corrected chi connectivity index (χ3v) is 3.09. The molecule has 0 aliphatic rings. The number of hydrogen-bond donors (Lipinski definition) is 0. The molecule has 3 heteroatoms. The van der Waals surface area contributed by atoms with Crippen LogP contribution in [-0.4, -0.2) is 12.4 Å². The summed E-state index contributed by atoms with van der Waals surface area (Å²) in [6.45, 7) is 2.48. The number of hydrogen-bond acceptors (Lipinski definition) is 2. The molecule has 0 aromatic heterocycles. The monoisotopic (exact) mass is 316 g/mol. The van der Waals surface area contributed by atoms with E-state index in [1.807, 2.05) is 59.8 Å². The van der Waals surface area contributed by atoms with Crippen molar-refractivity contribution < 1.29 is 9.53 Å². The molecule has 2 nitrogen and oxygen atoms in total. The molecule has 80 valence electrons. The highest BCUT2D eigenvalue weighted by molar-refractivity contribution is 14.1. The number of carbonyl (C=O) groups is 1. The summed E-state index contributed by atoms with van der Waals surface area (Å²) in [7, 11) is 0. The van der Waals surface area contributed by atoms with Gasteiger partial charge in [0.2, 0.25) is 0 Å². The molecule has 0 radical (unpaired) electrons. The van der Waals surface area contributed by atoms with E-state index < -0.39 is 0 Å².